The van der Waals surface area contributed by atoms with Crippen LogP contribution in [0.3, 0.4) is 0 Å². The maximum atomic E-state index is 12.3. The molecular formula is C17H20N4O2S. The summed E-state index contributed by atoms with van der Waals surface area (Å²) < 4.78 is 27.3. The number of hydrogen-bond acceptors (Lipinski definition) is 5. The minimum Gasteiger partial charge on any atom is -0.339 e. The lowest BCUT2D eigenvalue weighted by atomic mass is 10.1. The number of aromatic nitrogens is 2. The maximum absolute atomic E-state index is 12.3. The summed E-state index contributed by atoms with van der Waals surface area (Å²) in [5.74, 6) is 0.640. The Labute approximate surface area is 142 Å². The van der Waals surface area contributed by atoms with Crippen LogP contribution in [-0.4, -0.2) is 37.5 Å². The van der Waals surface area contributed by atoms with E-state index in [-0.39, 0.29) is 6.04 Å². The van der Waals surface area contributed by atoms with Gasteiger partial charge in [-0.3, -0.25) is 0 Å². The van der Waals surface area contributed by atoms with Crippen LogP contribution in [0.5, 0.6) is 0 Å². The van der Waals surface area contributed by atoms with Gasteiger partial charge in [-0.25, -0.2) is 23.1 Å². The summed E-state index contributed by atoms with van der Waals surface area (Å²) in [6.07, 6.45) is 6.69. The van der Waals surface area contributed by atoms with Crippen LogP contribution in [0.4, 0.5) is 5.95 Å². The Morgan fingerprint density at radius 2 is 1.88 bits per heavy atom. The second kappa shape index (κ2) is 7.55. The van der Waals surface area contributed by atoms with Gasteiger partial charge in [0.1, 0.15) is 0 Å². The fourth-order valence-electron chi connectivity index (χ4n) is 2.71. The Morgan fingerprint density at radius 1 is 1.12 bits per heavy atom. The third kappa shape index (κ3) is 4.62. The fraction of sp³-hybridized carbons (Fsp3) is 0.294. The van der Waals surface area contributed by atoms with Gasteiger partial charge in [-0.1, -0.05) is 30.3 Å². The Bertz CT molecular complexity index is 779. The molecule has 2 heterocycles. The highest BCUT2D eigenvalue weighted by Crippen LogP contribution is 2.16. The van der Waals surface area contributed by atoms with Crippen LogP contribution in [0.1, 0.15) is 18.4 Å². The molecule has 126 valence electrons. The summed E-state index contributed by atoms with van der Waals surface area (Å²) in [7, 11) is -3.48. The SMILES string of the molecule is O=S(=O)(/C=C/c1ccccc1)NC1CCCN(c2ncccn2)C1. The quantitative estimate of drug-likeness (QED) is 0.898. The summed E-state index contributed by atoms with van der Waals surface area (Å²) in [4.78, 5) is 10.5. The van der Waals surface area contributed by atoms with Gasteiger partial charge in [0.25, 0.3) is 0 Å². The average Bonchev–Trinajstić information content (AvgIpc) is 2.62. The van der Waals surface area contributed by atoms with Gasteiger partial charge in [0.15, 0.2) is 0 Å². The minimum absolute atomic E-state index is 0.145. The van der Waals surface area contributed by atoms with Crippen molar-refractivity contribution in [1.82, 2.24) is 14.7 Å². The van der Waals surface area contributed by atoms with Crippen molar-refractivity contribution < 1.29 is 8.42 Å². The largest absolute Gasteiger partial charge is 0.339 e. The molecule has 3 rings (SSSR count). The van der Waals surface area contributed by atoms with Crippen LogP contribution in [0.2, 0.25) is 0 Å². The van der Waals surface area contributed by atoms with Crippen LogP contribution in [-0.2, 0) is 10.0 Å². The standard InChI is InChI=1S/C17H20N4O2S/c22-24(23,13-9-15-6-2-1-3-7-15)20-16-8-4-12-21(14-16)17-18-10-5-11-19-17/h1-3,5-7,9-11,13,16,20H,4,8,12,14H2/b13-9+. The van der Waals surface area contributed by atoms with Crippen molar-refractivity contribution in [3.05, 3.63) is 59.8 Å². The van der Waals surface area contributed by atoms with E-state index in [0.29, 0.717) is 12.5 Å². The van der Waals surface area contributed by atoms with E-state index in [4.69, 9.17) is 0 Å². The normalized spacial score (nSPS) is 18.8. The molecule has 0 saturated carbocycles. The lowest BCUT2D eigenvalue weighted by Crippen LogP contribution is -2.47. The van der Waals surface area contributed by atoms with Gasteiger partial charge in [0.05, 0.1) is 0 Å². The van der Waals surface area contributed by atoms with E-state index in [1.54, 1.807) is 24.5 Å². The van der Waals surface area contributed by atoms with Crippen LogP contribution in [0.25, 0.3) is 6.08 Å². The number of nitrogens with zero attached hydrogens (tertiary/aromatic N) is 3. The molecule has 6 nitrogen and oxygen atoms in total. The topological polar surface area (TPSA) is 75.2 Å². The molecule has 1 fully saturated rings. The van der Waals surface area contributed by atoms with Crippen LogP contribution >= 0.6 is 0 Å². The van der Waals surface area contributed by atoms with E-state index in [0.717, 1.165) is 24.9 Å². The highest BCUT2D eigenvalue weighted by atomic mass is 32.2. The van der Waals surface area contributed by atoms with Gasteiger partial charge in [0, 0.05) is 36.9 Å². The molecule has 1 unspecified atom stereocenters. The predicted molar refractivity (Wildman–Crippen MR) is 94.8 cm³/mol. The molecule has 0 bridgehead atoms. The van der Waals surface area contributed by atoms with Gasteiger partial charge in [-0.15, -0.1) is 0 Å². The van der Waals surface area contributed by atoms with Crippen molar-refractivity contribution in [1.29, 1.82) is 0 Å². The number of benzene rings is 1. The number of hydrogen-bond donors (Lipinski definition) is 1. The Balaban J connectivity index is 1.63. The van der Waals surface area contributed by atoms with Crippen LogP contribution < -0.4 is 9.62 Å². The molecule has 1 atom stereocenters. The number of nitrogens with one attached hydrogen (secondary N) is 1. The van der Waals surface area contributed by atoms with Gasteiger partial charge < -0.3 is 4.90 Å². The van der Waals surface area contributed by atoms with Crippen LogP contribution in [0, 0.1) is 0 Å². The second-order valence-corrected chi connectivity index (χ2v) is 7.31. The molecule has 1 N–H and O–H groups in total. The van der Waals surface area contributed by atoms with Crippen molar-refractivity contribution in [2.45, 2.75) is 18.9 Å². The molecule has 1 aromatic heterocycles. The first-order valence-electron chi connectivity index (χ1n) is 7.90. The zero-order valence-electron chi connectivity index (χ0n) is 13.2. The van der Waals surface area contributed by atoms with E-state index in [9.17, 15) is 8.42 Å². The Morgan fingerprint density at radius 3 is 2.62 bits per heavy atom. The number of anilines is 1. The molecule has 1 aromatic carbocycles. The van der Waals surface area contributed by atoms with E-state index in [1.165, 1.54) is 5.41 Å². The van der Waals surface area contributed by atoms with Crippen molar-refractivity contribution >= 4 is 22.0 Å². The number of rotatable bonds is 5. The van der Waals surface area contributed by atoms with Gasteiger partial charge in [-0.05, 0) is 30.5 Å². The Kier molecular flexibility index (Phi) is 5.22. The Hall–Kier alpha value is -2.25. The molecule has 0 radical (unpaired) electrons. The highest BCUT2D eigenvalue weighted by molar-refractivity contribution is 7.92. The lowest BCUT2D eigenvalue weighted by molar-refractivity contribution is 0.464. The molecule has 2 aromatic rings. The highest BCUT2D eigenvalue weighted by Gasteiger charge is 2.24. The molecule has 1 aliphatic rings. The van der Waals surface area contributed by atoms with Gasteiger partial charge in [-0.2, -0.15) is 0 Å². The number of piperidine rings is 1. The summed E-state index contributed by atoms with van der Waals surface area (Å²) in [6, 6.07) is 11.0. The molecule has 24 heavy (non-hydrogen) atoms. The summed E-state index contributed by atoms with van der Waals surface area (Å²) in [5.41, 5.74) is 0.853. The molecule has 1 saturated heterocycles. The first kappa shape index (κ1) is 16.6. The van der Waals surface area contributed by atoms with E-state index in [1.807, 2.05) is 35.2 Å². The summed E-state index contributed by atoms with van der Waals surface area (Å²) >= 11 is 0. The first-order chi connectivity index (χ1) is 11.6. The van der Waals surface area contributed by atoms with Crippen molar-refractivity contribution in [3.63, 3.8) is 0 Å². The lowest BCUT2D eigenvalue weighted by Gasteiger charge is -2.32. The molecule has 0 spiro atoms. The van der Waals surface area contributed by atoms with Crippen molar-refractivity contribution in [2.24, 2.45) is 0 Å². The molecule has 1 aliphatic heterocycles. The van der Waals surface area contributed by atoms with Gasteiger partial charge >= 0.3 is 0 Å². The molecule has 0 aliphatic carbocycles. The first-order valence-corrected chi connectivity index (χ1v) is 9.44. The maximum Gasteiger partial charge on any atom is 0.234 e. The number of sulfonamides is 1. The smallest absolute Gasteiger partial charge is 0.234 e. The predicted octanol–water partition coefficient (Wildman–Crippen LogP) is 2.04. The molecule has 7 heteroatoms. The average molecular weight is 344 g/mol. The molecular weight excluding hydrogens is 324 g/mol. The third-order valence-electron chi connectivity index (χ3n) is 3.83. The minimum atomic E-state index is -3.48. The van der Waals surface area contributed by atoms with E-state index < -0.39 is 10.0 Å². The summed E-state index contributed by atoms with van der Waals surface area (Å²) in [6.45, 7) is 1.41. The zero-order valence-corrected chi connectivity index (χ0v) is 14.1. The second-order valence-electron chi connectivity index (χ2n) is 5.71. The summed E-state index contributed by atoms with van der Waals surface area (Å²) in [5, 5.41) is 1.22. The van der Waals surface area contributed by atoms with Gasteiger partial charge in [0.2, 0.25) is 16.0 Å². The van der Waals surface area contributed by atoms with Crippen molar-refractivity contribution in [2.75, 3.05) is 18.0 Å². The van der Waals surface area contributed by atoms with Crippen molar-refractivity contribution in [3.8, 4) is 0 Å². The van der Waals surface area contributed by atoms with E-state index in [2.05, 4.69) is 14.7 Å². The third-order valence-corrected chi connectivity index (χ3v) is 4.98. The fourth-order valence-corrected chi connectivity index (χ4v) is 3.79. The molecule has 0 amide bonds. The van der Waals surface area contributed by atoms with Crippen LogP contribution in [0.15, 0.2) is 54.2 Å². The zero-order chi connectivity index (χ0) is 16.8. The van der Waals surface area contributed by atoms with E-state index >= 15 is 0 Å². The monoisotopic (exact) mass is 344 g/mol.